The van der Waals surface area contributed by atoms with Gasteiger partial charge in [-0.25, -0.2) is 0 Å². The van der Waals surface area contributed by atoms with E-state index >= 15 is 0 Å². The summed E-state index contributed by atoms with van der Waals surface area (Å²) in [6.07, 6.45) is 1.38. The zero-order chi connectivity index (χ0) is 12.1. The molecule has 1 aliphatic rings. The number of nitrogens with two attached hydrogens (primary N) is 1. The van der Waals surface area contributed by atoms with Crippen molar-refractivity contribution in [2.45, 2.75) is 31.4 Å². The molecule has 6 heteroatoms. The maximum absolute atomic E-state index is 11.7. The van der Waals surface area contributed by atoms with Gasteiger partial charge in [0.2, 0.25) is 11.8 Å². The van der Waals surface area contributed by atoms with Gasteiger partial charge in [-0.3, -0.25) is 9.59 Å². The van der Waals surface area contributed by atoms with E-state index in [1.54, 1.807) is 0 Å². The summed E-state index contributed by atoms with van der Waals surface area (Å²) in [6, 6.07) is -0.733. The van der Waals surface area contributed by atoms with Crippen LogP contribution in [0.5, 0.6) is 0 Å². The van der Waals surface area contributed by atoms with Crippen LogP contribution in [-0.2, 0) is 14.3 Å². The Balaban J connectivity index is 2.50. The third kappa shape index (κ3) is 3.94. The number of rotatable bonds is 5. The van der Waals surface area contributed by atoms with E-state index in [9.17, 15) is 9.59 Å². The Labute approximate surface area is 103 Å². The van der Waals surface area contributed by atoms with Crippen molar-refractivity contribution in [2.75, 3.05) is 6.61 Å². The van der Waals surface area contributed by atoms with Gasteiger partial charge < -0.3 is 15.8 Å². The number of carbonyl (C=O) groups excluding carboxylic acids is 2. The van der Waals surface area contributed by atoms with Crippen LogP contribution in [0.4, 0.5) is 0 Å². The zero-order valence-corrected chi connectivity index (χ0v) is 10.5. The lowest BCUT2D eigenvalue weighted by Crippen LogP contribution is -2.47. The minimum atomic E-state index is -0.733. The van der Waals surface area contributed by atoms with Crippen molar-refractivity contribution < 1.29 is 14.3 Å². The molecule has 0 aromatic carbocycles. The van der Waals surface area contributed by atoms with Crippen molar-refractivity contribution >= 4 is 27.7 Å². The maximum Gasteiger partial charge on any atom is 0.249 e. The van der Waals surface area contributed by atoms with E-state index < -0.39 is 18.1 Å². The Morgan fingerprint density at radius 1 is 1.62 bits per heavy atom. The standard InChI is InChI=1S/C10H15BrN2O3/c1-6(11)5-7(9(12)14)13-10(15)8-3-2-4-16-8/h7-8H,1-5H2,(H2,12,14)(H,13,15)/t7-,8+/m0/s1. The van der Waals surface area contributed by atoms with Gasteiger partial charge in [0, 0.05) is 13.0 Å². The first-order valence-corrected chi connectivity index (χ1v) is 5.84. The molecule has 16 heavy (non-hydrogen) atoms. The molecule has 1 saturated heterocycles. The summed E-state index contributed by atoms with van der Waals surface area (Å²) in [5, 5.41) is 2.56. The molecule has 0 spiro atoms. The second-order valence-electron chi connectivity index (χ2n) is 3.69. The lowest BCUT2D eigenvalue weighted by Gasteiger charge is -2.17. The van der Waals surface area contributed by atoms with Crippen LogP contribution < -0.4 is 11.1 Å². The van der Waals surface area contributed by atoms with Gasteiger partial charge in [-0.2, -0.15) is 0 Å². The van der Waals surface area contributed by atoms with Crippen LogP contribution in [-0.4, -0.2) is 30.6 Å². The number of halogens is 1. The number of hydrogen-bond acceptors (Lipinski definition) is 3. The Morgan fingerprint density at radius 2 is 2.31 bits per heavy atom. The van der Waals surface area contributed by atoms with E-state index in [1.165, 1.54) is 0 Å². The predicted octanol–water partition coefficient (Wildman–Crippen LogP) is 0.434. The highest BCUT2D eigenvalue weighted by atomic mass is 79.9. The number of primary amides is 1. The van der Waals surface area contributed by atoms with E-state index in [0.717, 1.165) is 6.42 Å². The lowest BCUT2D eigenvalue weighted by molar-refractivity contribution is -0.133. The summed E-state index contributed by atoms with van der Waals surface area (Å²) in [5.41, 5.74) is 5.18. The third-order valence-corrected chi connectivity index (χ3v) is 2.63. The smallest absolute Gasteiger partial charge is 0.249 e. The molecule has 1 aliphatic heterocycles. The Bertz CT molecular complexity index is 300. The number of hydrogen-bond donors (Lipinski definition) is 2. The molecule has 0 radical (unpaired) electrons. The maximum atomic E-state index is 11.7. The minimum absolute atomic E-state index is 0.282. The lowest BCUT2D eigenvalue weighted by atomic mass is 10.1. The van der Waals surface area contributed by atoms with Crippen molar-refractivity contribution in [3.63, 3.8) is 0 Å². The van der Waals surface area contributed by atoms with Crippen molar-refractivity contribution in [2.24, 2.45) is 5.73 Å². The fourth-order valence-electron chi connectivity index (χ4n) is 1.49. The Morgan fingerprint density at radius 3 is 2.75 bits per heavy atom. The van der Waals surface area contributed by atoms with E-state index in [-0.39, 0.29) is 12.3 Å². The molecule has 0 aromatic rings. The van der Waals surface area contributed by atoms with Gasteiger partial charge >= 0.3 is 0 Å². The van der Waals surface area contributed by atoms with E-state index in [4.69, 9.17) is 10.5 Å². The highest BCUT2D eigenvalue weighted by Gasteiger charge is 2.27. The molecule has 0 aromatic heterocycles. The molecule has 1 heterocycles. The molecule has 0 aliphatic carbocycles. The van der Waals surface area contributed by atoms with E-state index in [2.05, 4.69) is 27.8 Å². The van der Waals surface area contributed by atoms with Crippen molar-refractivity contribution in [3.8, 4) is 0 Å². The summed E-state index contributed by atoms with van der Waals surface area (Å²) >= 11 is 3.13. The molecule has 5 nitrogen and oxygen atoms in total. The number of amides is 2. The number of ether oxygens (including phenoxy) is 1. The monoisotopic (exact) mass is 290 g/mol. The predicted molar refractivity (Wildman–Crippen MR) is 62.8 cm³/mol. The van der Waals surface area contributed by atoms with Crippen LogP contribution >= 0.6 is 15.9 Å². The second kappa shape index (κ2) is 6.00. The Hall–Kier alpha value is -0.880. The van der Waals surface area contributed by atoms with E-state index in [1.807, 2.05) is 0 Å². The molecular formula is C10H15BrN2O3. The van der Waals surface area contributed by atoms with Crippen LogP contribution in [0.25, 0.3) is 0 Å². The normalized spacial score (nSPS) is 21.4. The highest BCUT2D eigenvalue weighted by molar-refractivity contribution is 9.11. The molecule has 0 saturated carbocycles. The number of nitrogens with one attached hydrogen (secondary N) is 1. The summed E-state index contributed by atoms with van der Waals surface area (Å²) in [5.74, 6) is -0.859. The summed E-state index contributed by atoms with van der Waals surface area (Å²) in [6.45, 7) is 4.20. The van der Waals surface area contributed by atoms with Gasteiger partial charge in [-0.05, 0) is 17.3 Å². The zero-order valence-electron chi connectivity index (χ0n) is 8.87. The molecule has 0 bridgehead atoms. The molecular weight excluding hydrogens is 276 g/mol. The molecule has 1 rings (SSSR count). The van der Waals surface area contributed by atoms with Crippen molar-refractivity contribution in [1.29, 1.82) is 0 Å². The van der Waals surface area contributed by atoms with Gasteiger partial charge in [-0.1, -0.05) is 22.5 Å². The first-order chi connectivity index (χ1) is 7.50. The van der Waals surface area contributed by atoms with Crippen LogP contribution in [0, 0.1) is 0 Å². The topological polar surface area (TPSA) is 81.4 Å². The molecule has 2 atom stereocenters. The van der Waals surface area contributed by atoms with Crippen LogP contribution in [0.3, 0.4) is 0 Å². The largest absolute Gasteiger partial charge is 0.368 e. The van der Waals surface area contributed by atoms with Crippen LogP contribution in [0.1, 0.15) is 19.3 Å². The van der Waals surface area contributed by atoms with Crippen molar-refractivity contribution in [3.05, 3.63) is 11.1 Å². The third-order valence-electron chi connectivity index (χ3n) is 2.31. The molecule has 1 fully saturated rings. The van der Waals surface area contributed by atoms with E-state index in [0.29, 0.717) is 17.5 Å². The average molecular weight is 291 g/mol. The highest BCUT2D eigenvalue weighted by Crippen LogP contribution is 2.14. The molecule has 90 valence electrons. The minimum Gasteiger partial charge on any atom is -0.368 e. The first-order valence-electron chi connectivity index (χ1n) is 5.05. The Kier molecular flexibility index (Phi) is 4.95. The fourth-order valence-corrected chi connectivity index (χ4v) is 1.82. The SMILES string of the molecule is C=C(Br)C[C@H](NC(=O)[C@H]1CCCO1)C(N)=O. The van der Waals surface area contributed by atoms with Gasteiger partial charge in [-0.15, -0.1) is 0 Å². The number of carbonyl (C=O) groups is 2. The molecule has 2 amide bonds. The summed E-state index contributed by atoms with van der Waals surface area (Å²) in [4.78, 5) is 22.7. The summed E-state index contributed by atoms with van der Waals surface area (Å²) < 4.78 is 5.82. The van der Waals surface area contributed by atoms with Gasteiger partial charge in [0.05, 0.1) is 0 Å². The van der Waals surface area contributed by atoms with Crippen LogP contribution in [0.2, 0.25) is 0 Å². The molecule has 0 unspecified atom stereocenters. The average Bonchev–Trinajstić information content (AvgIpc) is 2.68. The summed E-state index contributed by atoms with van der Waals surface area (Å²) in [7, 11) is 0. The quantitative estimate of drug-likeness (QED) is 0.771. The van der Waals surface area contributed by atoms with Gasteiger partial charge in [0.25, 0.3) is 0 Å². The van der Waals surface area contributed by atoms with Gasteiger partial charge in [0.15, 0.2) is 0 Å². The fraction of sp³-hybridized carbons (Fsp3) is 0.600. The van der Waals surface area contributed by atoms with Crippen LogP contribution in [0.15, 0.2) is 11.1 Å². The molecule has 3 N–H and O–H groups in total. The van der Waals surface area contributed by atoms with Gasteiger partial charge in [0.1, 0.15) is 12.1 Å². The second-order valence-corrected chi connectivity index (χ2v) is 4.81. The first kappa shape index (κ1) is 13.2. The van der Waals surface area contributed by atoms with Crippen molar-refractivity contribution in [1.82, 2.24) is 5.32 Å².